The number of aliphatic hydroxyl groups excluding tert-OH is 1. The SMILES string of the molecule is C=CC(C)NC[C@@H](C)O. The lowest BCUT2D eigenvalue weighted by Crippen LogP contribution is -2.30. The van der Waals surface area contributed by atoms with Crippen LogP contribution in [0.15, 0.2) is 12.7 Å². The van der Waals surface area contributed by atoms with E-state index in [9.17, 15) is 0 Å². The second-order valence-corrected chi connectivity index (χ2v) is 2.28. The molecule has 2 N–H and O–H groups in total. The standard InChI is InChI=1S/C7H15NO/c1-4-6(2)8-5-7(3)9/h4,6-9H,1,5H2,2-3H3/t6?,7-/m1/s1. The van der Waals surface area contributed by atoms with Crippen LogP contribution in [0.3, 0.4) is 0 Å². The second kappa shape index (κ2) is 4.53. The van der Waals surface area contributed by atoms with Crippen molar-refractivity contribution < 1.29 is 5.11 Å². The molecule has 0 fully saturated rings. The Labute approximate surface area is 56.6 Å². The summed E-state index contributed by atoms with van der Waals surface area (Å²) in [6.07, 6.45) is 1.54. The Hall–Kier alpha value is -0.340. The fraction of sp³-hybridized carbons (Fsp3) is 0.714. The molecule has 2 nitrogen and oxygen atoms in total. The zero-order chi connectivity index (χ0) is 7.28. The van der Waals surface area contributed by atoms with Gasteiger partial charge in [-0.3, -0.25) is 0 Å². The van der Waals surface area contributed by atoms with Crippen LogP contribution in [0.2, 0.25) is 0 Å². The predicted octanol–water partition coefficient (Wildman–Crippen LogP) is 0.531. The summed E-state index contributed by atoms with van der Waals surface area (Å²) in [6, 6.07) is 0.291. The minimum atomic E-state index is -0.271. The highest BCUT2D eigenvalue weighted by Crippen LogP contribution is 1.82. The first-order chi connectivity index (χ1) is 4.16. The molecule has 0 bridgehead atoms. The normalized spacial score (nSPS) is 16.8. The Balaban J connectivity index is 3.16. The van der Waals surface area contributed by atoms with Gasteiger partial charge < -0.3 is 10.4 Å². The van der Waals surface area contributed by atoms with Crippen molar-refractivity contribution in [2.24, 2.45) is 0 Å². The van der Waals surface area contributed by atoms with Gasteiger partial charge in [-0.25, -0.2) is 0 Å². The van der Waals surface area contributed by atoms with Gasteiger partial charge in [-0.15, -0.1) is 6.58 Å². The molecule has 0 aromatic carbocycles. The van der Waals surface area contributed by atoms with Crippen molar-refractivity contribution in [3.8, 4) is 0 Å². The third-order valence-corrected chi connectivity index (χ3v) is 1.09. The van der Waals surface area contributed by atoms with Crippen LogP contribution in [-0.2, 0) is 0 Å². The molecule has 2 atom stereocenters. The molecule has 54 valence electrons. The zero-order valence-corrected chi connectivity index (χ0v) is 6.09. The molecule has 1 unspecified atom stereocenters. The topological polar surface area (TPSA) is 32.3 Å². The van der Waals surface area contributed by atoms with Gasteiger partial charge in [-0.2, -0.15) is 0 Å². The van der Waals surface area contributed by atoms with Crippen molar-refractivity contribution >= 4 is 0 Å². The lowest BCUT2D eigenvalue weighted by Gasteiger charge is -2.09. The Morgan fingerprint density at radius 1 is 1.67 bits per heavy atom. The maximum absolute atomic E-state index is 8.80. The first kappa shape index (κ1) is 8.66. The first-order valence-electron chi connectivity index (χ1n) is 3.20. The van der Waals surface area contributed by atoms with Crippen molar-refractivity contribution in [3.05, 3.63) is 12.7 Å². The van der Waals surface area contributed by atoms with E-state index in [4.69, 9.17) is 5.11 Å². The molecule has 2 heteroatoms. The van der Waals surface area contributed by atoms with Crippen molar-refractivity contribution in [1.29, 1.82) is 0 Å². The van der Waals surface area contributed by atoms with E-state index < -0.39 is 0 Å². The summed E-state index contributed by atoms with van der Waals surface area (Å²) in [5.74, 6) is 0. The van der Waals surface area contributed by atoms with Gasteiger partial charge in [-0.1, -0.05) is 6.08 Å². The van der Waals surface area contributed by atoms with Gasteiger partial charge in [0, 0.05) is 12.6 Å². The molecule has 0 saturated carbocycles. The average Bonchev–Trinajstić information content (AvgIpc) is 1.83. The summed E-state index contributed by atoms with van der Waals surface area (Å²) in [7, 11) is 0. The van der Waals surface area contributed by atoms with Crippen molar-refractivity contribution in [3.63, 3.8) is 0 Å². The van der Waals surface area contributed by atoms with Gasteiger partial charge in [0.05, 0.1) is 6.10 Å². The number of nitrogens with one attached hydrogen (secondary N) is 1. The number of aliphatic hydroxyl groups is 1. The predicted molar refractivity (Wildman–Crippen MR) is 39.3 cm³/mol. The first-order valence-corrected chi connectivity index (χ1v) is 3.20. The Kier molecular flexibility index (Phi) is 4.36. The highest BCUT2D eigenvalue weighted by Gasteiger charge is 1.96. The van der Waals surface area contributed by atoms with E-state index in [1.807, 2.05) is 13.0 Å². The van der Waals surface area contributed by atoms with E-state index in [0.717, 1.165) is 0 Å². The maximum Gasteiger partial charge on any atom is 0.0636 e. The molecular formula is C7H15NO. The molecule has 0 aliphatic carbocycles. The molecule has 0 saturated heterocycles. The summed E-state index contributed by atoms with van der Waals surface area (Å²) in [5.41, 5.74) is 0. The van der Waals surface area contributed by atoms with Crippen LogP contribution in [0.25, 0.3) is 0 Å². The Morgan fingerprint density at radius 3 is 2.56 bits per heavy atom. The molecule has 0 aliphatic rings. The maximum atomic E-state index is 8.80. The van der Waals surface area contributed by atoms with Crippen molar-refractivity contribution in [2.45, 2.75) is 26.0 Å². The average molecular weight is 129 g/mol. The second-order valence-electron chi connectivity index (χ2n) is 2.28. The number of hydrogen-bond donors (Lipinski definition) is 2. The van der Waals surface area contributed by atoms with Crippen LogP contribution in [0, 0.1) is 0 Å². The highest BCUT2D eigenvalue weighted by molar-refractivity contribution is 4.81. The molecule has 0 heterocycles. The van der Waals surface area contributed by atoms with Crippen molar-refractivity contribution in [1.82, 2.24) is 5.32 Å². The summed E-state index contributed by atoms with van der Waals surface area (Å²) in [6.45, 7) is 7.97. The lowest BCUT2D eigenvalue weighted by atomic mass is 10.3. The third-order valence-electron chi connectivity index (χ3n) is 1.09. The highest BCUT2D eigenvalue weighted by atomic mass is 16.3. The fourth-order valence-electron chi connectivity index (χ4n) is 0.440. The largest absolute Gasteiger partial charge is 0.392 e. The zero-order valence-electron chi connectivity index (χ0n) is 6.09. The minimum Gasteiger partial charge on any atom is -0.392 e. The summed E-state index contributed by atoms with van der Waals surface area (Å²) >= 11 is 0. The third kappa shape index (κ3) is 5.53. The number of hydrogen-bond acceptors (Lipinski definition) is 2. The smallest absolute Gasteiger partial charge is 0.0636 e. The molecule has 0 rings (SSSR count). The molecule has 0 aliphatic heterocycles. The van der Waals surface area contributed by atoms with Crippen molar-refractivity contribution in [2.75, 3.05) is 6.54 Å². The van der Waals surface area contributed by atoms with E-state index in [2.05, 4.69) is 11.9 Å². The van der Waals surface area contributed by atoms with Gasteiger partial charge in [-0.05, 0) is 13.8 Å². The lowest BCUT2D eigenvalue weighted by molar-refractivity contribution is 0.189. The molecule has 0 aromatic heterocycles. The van der Waals surface area contributed by atoms with Crippen LogP contribution < -0.4 is 5.32 Å². The van der Waals surface area contributed by atoms with E-state index >= 15 is 0 Å². The molecule has 0 radical (unpaired) electrons. The molecule has 0 aromatic rings. The quantitative estimate of drug-likeness (QED) is 0.543. The van der Waals surface area contributed by atoms with Gasteiger partial charge in [0.1, 0.15) is 0 Å². The fourth-order valence-corrected chi connectivity index (χ4v) is 0.440. The summed E-state index contributed by atoms with van der Waals surface area (Å²) in [4.78, 5) is 0. The Morgan fingerprint density at radius 2 is 2.22 bits per heavy atom. The van der Waals surface area contributed by atoms with Crippen LogP contribution in [-0.4, -0.2) is 23.8 Å². The Bertz CT molecular complexity index is 81.0. The summed E-state index contributed by atoms with van der Waals surface area (Å²) in [5, 5.41) is 11.9. The summed E-state index contributed by atoms with van der Waals surface area (Å²) < 4.78 is 0. The molecule has 0 spiro atoms. The van der Waals surface area contributed by atoms with E-state index in [-0.39, 0.29) is 6.10 Å². The van der Waals surface area contributed by atoms with Crippen LogP contribution >= 0.6 is 0 Å². The molecular weight excluding hydrogens is 114 g/mol. The van der Waals surface area contributed by atoms with E-state index in [1.165, 1.54) is 0 Å². The van der Waals surface area contributed by atoms with E-state index in [0.29, 0.717) is 12.6 Å². The van der Waals surface area contributed by atoms with Gasteiger partial charge in [0.15, 0.2) is 0 Å². The van der Waals surface area contributed by atoms with Gasteiger partial charge in [0.2, 0.25) is 0 Å². The van der Waals surface area contributed by atoms with Gasteiger partial charge >= 0.3 is 0 Å². The number of rotatable bonds is 4. The molecule has 9 heavy (non-hydrogen) atoms. The minimum absolute atomic E-state index is 0.271. The van der Waals surface area contributed by atoms with E-state index in [1.54, 1.807) is 6.92 Å². The van der Waals surface area contributed by atoms with Crippen LogP contribution in [0.1, 0.15) is 13.8 Å². The van der Waals surface area contributed by atoms with Crippen LogP contribution in [0.4, 0.5) is 0 Å². The van der Waals surface area contributed by atoms with Crippen LogP contribution in [0.5, 0.6) is 0 Å². The van der Waals surface area contributed by atoms with Gasteiger partial charge in [0.25, 0.3) is 0 Å². The monoisotopic (exact) mass is 129 g/mol. The molecule has 0 amide bonds.